The van der Waals surface area contributed by atoms with Gasteiger partial charge in [0, 0.05) is 30.0 Å². The summed E-state index contributed by atoms with van der Waals surface area (Å²) in [6.45, 7) is 2.52. The number of ketones is 1. The highest BCUT2D eigenvalue weighted by Crippen LogP contribution is 2.53. The van der Waals surface area contributed by atoms with Crippen molar-refractivity contribution in [2.75, 3.05) is 6.61 Å². The van der Waals surface area contributed by atoms with Gasteiger partial charge in [-0.3, -0.25) is 9.69 Å². The molecular formula is C19H33NO2. The second-order valence-electron chi connectivity index (χ2n) is 7.86. The monoisotopic (exact) mass is 307 g/mol. The van der Waals surface area contributed by atoms with E-state index in [0.717, 1.165) is 32.1 Å². The molecule has 3 heteroatoms. The van der Waals surface area contributed by atoms with E-state index in [-0.39, 0.29) is 18.1 Å². The van der Waals surface area contributed by atoms with Crippen molar-refractivity contribution in [2.45, 2.75) is 102 Å². The maximum absolute atomic E-state index is 12.8. The zero-order valence-corrected chi connectivity index (χ0v) is 14.2. The quantitative estimate of drug-likeness (QED) is 0.761. The summed E-state index contributed by atoms with van der Waals surface area (Å²) in [6.07, 6.45) is 14.0. The van der Waals surface area contributed by atoms with Gasteiger partial charge in [-0.25, -0.2) is 0 Å². The first-order chi connectivity index (χ1) is 10.7. The fourth-order valence-electron chi connectivity index (χ4n) is 5.70. The lowest BCUT2D eigenvalue weighted by Crippen LogP contribution is -2.64. The van der Waals surface area contributed by atoms with Crippen LogP contribution < -0.4 is 0 Å². The van der Waals surface area contributed by atoms with Crippen molar-refractivity contribution in [1.29, 1.82) is 0 Å². The second kappa shape index (κ2) is 7.00. The Morgan fingerprint density at radius 3 is 2.77 bits per heavy atom. The lowest BCUT2D eigenvalue weighted by molar-refractivity contribution is -0.144. The number of carbonyl (C=O) groups is 1. The third-order valence-electron chi connectivity index (χ3n) is 6.64. The van der Waals surface area contributed by atoms with Gasteiger partial charge in [-0.1, -0.05) is 45.4 Å². The minimum atomic E-state index is 0.121. The van der Waals surface area contributed by atoms with Crippen molar-refractivity contribution >= 4 is 5.78 Å². The van der Waals surface area contributed by atoms with Gasteiger partial charge in [0.25, 0.3) is 0 Å². The Labute approximate surface area is 135 Å². The van der Waals surface area contributed by atoms with Gasteiger partial charge >= 0.3 is 0 Å². The van der Waals surface area contributed by atoms with Crippen LogP contribution in [0.15, 0.2) is 0 Å². The van der Waals surface area contributed by atoms with Crippen LogP contribution >= 0.6 is 0 Å². The number of piperidine rings is 1. The maximum atomic E-state index is 12.8. The Hall–Kier alpha value is -0.410. The molecule has 0 amide bonds. The topological polar surface area (TPSA) is 40.5 Å². The molecule has 3 nitrogen and oxygen atoms in total. The van der Waals surface area contributed by atoms with Crippen molar-refractivity contribution < 1.29 is 9.90 Å². The van der Waals surface area contributed by atoms with Crippen molar-refractivity contribution in [3.63, 3.8) is 0 Å². The van der Waals surface area contributed by atoms with Gasteiger partial charge in [0.1, 0.15) is 5.78 Å². The molecule has 0 aromatic rings. The Balaban J connectivity index is 1.77. The van der Waals surface area contributed by atoms with Gasteiger partial charge < -0.3 is 5.11 Å². The van der Waals surface area contributed by atoms with Gasteiger partial charge in [-0.15, -0.1) is 0 Å². The van der Waals surface area contributed by atoms with Gasteiger partial charge in [0.15, 0.2) is 0 Å². The fraction of sp³-hybridized carbons (Fsp3) is 0.947. The molecule has 0 aromatic heterocycles. The van der Waals surface area contributed by atoms with E-state index in [1.165, 1.54) is 44.9 Å². The molecule has 0 aromatic carbocycles. The first-order valence-corrected chi connectivity index (χ1v) is 9.65. The van der Waals surface area contributed by atoms with Crippen LogP contribution in [0.1, 0.15) is 84.0 Å². The molecule has 1 N–H and O–H groups in total. The van der Waals surface area contributed by atoms with Crippen molar-refractivity contribution in [3.05, 3.63) is 0 Å². The van der Waals surface area contributed by atoms with Crippen LogP contribution in [0.25, 0.3) is 0 Å². The zero-order chi connectivity index (χ0) is 15.6. The smallest absolute Gasteiger partial charge is 0.139 e. The van der Waals surface area contributed by atoms with E-state index in [0.29, 0.717) is 17.9 Å². The molecule has 1 saturated carbocycles. The van der Waals surface area contributed by atoms with Crippen molar-refractivity contribution in [3.8, 4) is 0 Å². The van der Waals surface area contributed by atoms with Gasteiger partial charge in [0.05, 0.1) is 6.61 Å². The molecule has 2 heterocycles. The summed E-state index contributed by atoms with van der Waals surface area (Å²) in [5.74, 6) is 0.805. The predicted octanol–water partition coefficient (Wildman–Crippen LogP) is 3.68. The molecule has 3 aliphatic rings. The lowest BCUT2D eigenvalue weighted by atomic mass is 9.65. The van der Waals surface area contributed by atoms with E-state index in [1.807, 2.05) is 0 Å². The molecule has 2 aliphatic heterocycles. The Morgan fingerprint density at radius 1 is 1.14 bits per heavy atom. The Morgan fingerprint density at radius 2 is 2.00 bits per heavy atom. The first kappa shape index (κ1) is 16.4. The van der Waals surface area contributed by atoms with E-state index >= 15 is 0 Å². The van der Waals surface area contributed by atoms with Gasteiger partial charge in [-0.05, 0) is 32.1 Å². The van der Waals surface area contributed by atoms with E-state index in [1.54, 1.807) is 0 Å². The number of rotatable bonds is 6. The number of nitrogens with zero attached hydrogens (tertiary/aromatic N) is 1. The molecule has 0 radical (unpaired) electrons. The van der Waals surface area contributed by atoms with Gasteiger partial charge in [0.2, 0.25) is 0 Å². The van der Waals surface area contributed by atoms with Crippen LogP contribution in [-0.4, -0.2) is 40.0 Å². The van der Waals surface area contributed by atoms with Crippen molar-refractivity contribution in [2.24, 2.45) is 5.92 Å². The zero-order valence-electron chi connectivity index (χ0n) is 14.2. The molecule has 2 saturated heterocycles. The summed E-state index contributed by atoms with van der Waals surface area (Å²) < 4.78 is 0. The molecule has 22 heavy (non-hydrogen) atoms. The highest BCUT2D eigenvalue weighted by atomic mass is 16.3. The number of hydrogen-bond donors (Lipinski definition) is 1. The molecule has 1 unspecified atom stereocenters. The van der Waals surface area contributed by atoms with Gasteiger partial charge in [-0.2, -0.15) is 0 Å². The molecule has 3 fully saturated rings. The normalized spacial score (nSPS) is 38.8. The Kier molecular flexibility index (Phi) is 5.24. The largest absolute Gasteiger partial charge is 0.395 e. The van der Waals surface area contributed by atoms with E-state index in [4.69, 9.17) is 0 Å². The van der Waals surface area contributed by atoms with E-state index in [9.17, 15) is 9.90 Å². The molecule has 4 atom stereocenters. The van der Waals surface area contributed by atoms with Crippen LogP contribution in [0.2, 0.25) is 0 Å². The number of hydrogen-bond acceptors (Lipinski definition) is 3. The summed E-state index contributed by atoms with van der Waals surface area (Å²) in [7, 11) is 0. The maximum Gasteiger partial charge on any atom is 0.139 e. The highest BCUT2D eigenvalue weighted by molar-refractivity contribution is 5.84. The number of Topliss-reactive ketones (excluding diaryl/α,β-unsaturated/α-hetero) is 1. The molecule has 126 valence electrons. The number of carbonyl (C=O) groups excluding carboxylic acids is 1. The van der Waals surface area contributed by atoms with Crippen LogP contribution in [0, 0.1) is 5.92 Å². The summed E-state index contributed by atoms with van der Waals surface area (Å²) in [4.78, 5) is 15.4. The van der Waals surface area contributed by atoms with Crippen LogP contribution in [0.5, 0.6) is 0 Å². The number of unbranched alkanes of at least 4 members (excludes halogenated alkanes) is 3. The first-order valence-electron chi connectivity index (χ1n) is 9.65. The minimum Gasteiger partial charge on any atom is -0.395 e. The van der Waals surface area contributed by atoms with Crippen molar-refractivity contribution in [1.82, 2.24) is 4.90 Å². The molecular weight excluding hydrogens is 274 g/mol. The number of aliphatic hydroxyl groups is 1. The summed E-state index contributed by atoms with van der Waals surface area (Å²) in [5, 5.41) is 9.86. The third kappa shape index (κ3) is 2.75. The summed E-state index contributed by atoms with van der Waals surface area (Å²) in [6, 6.07) is 0.711. The van der Waals surface area contributed by atoms with E-state index in [2.05, 4.69) is 11.8 Å². The third-order valence-corrected chi connectivity index (χ3v) is 6.64. The molecule has 3 rings (SSSR count). The summed E-state index contributed by atoms with van der Waals surface area (Å²) in [5.41, 5.74) is 0.121. The molecule has 1 spiro atoms. The standard InChI is InChI=1S/C19H33NO2/c1-2-3-4-5-8-15-13-18(22)17-9-6-7-11-19(17)12-10-16(14-21)20(15)19/h15-17,21H,2-14H2,1H3/t15?,16-,17+,19-/m0/s1. The predicted molar refractivity (Wildman–Crippen MR) is 88.8 cm³/mol. The molecule has 0 bridgehead atoms. The number of aliphatic hydroxyl groups excluding tert-OH is 1. The average molecular weight is 307 g/mol. The fourth-order valence-corrected chi connectivity index (χ4v) is 5.70. The lowest BCUT2D eigenvalue weighted by Gasteiger charge is -2.55. The van der Waals surface area contributed by atoms with Crippen LogP contribution in [-0.2, 0) is 4.79 Å². The second-order valence-corrected chi connectivity index (χ2v) is 7.86. The summed E-state index contributed by atoms with van der Waals surface area (Å²) >= 11 is 0. The van der Waals surface area contributed by atoms with E-state index < -0.39 is 0 Å². The molecule has 1 aliphatic carbocycles. The minimum absolute atomic E-state index is 0.121. The highest BCUT2D eigenvalue weighted by Gasteiger charge is 2.58. The van der Waals surface area contributed by atoms with Crippen LogP contribution in [0.4, 0.5) is 0 Å². The SMILES string of the molecule is CCCCCCC1CC(=O)[C@H]2CCCC[C@]23CC[C@@H](CO)N13. The Bertz CT molecular complexity index is 397. The average Bonchev–Trinajstić information content (AvgIpc) is 2.90. The van der Waals surface area contributed by atoms with Crippen LogP contribution in [0.3, 0.4) is 0 Å².